The molecule has 35 heavy (non-hydrogen) atoms. The first-order valence-electron chi connectivity index (χ1n) is 13.7. The van der Waals surface area contributed by atoms with Crippen LogP contribution in [0.15, 0.2) is 12.2 Å². The van der Waals surface area contributed by atoms with Gasteiger partial charge in [-0.05, 0) is 56.2 Å². The van der Waals surface area contributed by atoms with Gasteiger partial charge in [0.1, 0.15) is 5.78 Å². The van der Waals surface area contributed by atoms with E-state index in [9.17, 15) is 9.59 Å². The Morgan fingerprint density at radius 3 is 2.29 bits per heavy atom. The van der Waals surface area contributed by atoms with Crippen molar-refractivity contribution in [3.8, 4) is 0 Å². The molecule has 0 spiro atoms. The summed E-state index contributed by atoms with van der Waals surface area (Å²) in [6, 6.07) is 0. The molecule has 0 radical (unpaired) electrons. The number of Topliss-reactive ketones (excluding diaryl/α,β-unsaturated/α-hetero) is 1. The molecule has 0 aromatic carbocycles. The quantitative estimate of drug-likeness (QED) is 0.0988. The lowest BCUT2D eigenvalue weighted by Gasteiger charge is -2.44. The summed E-state index contributed by atoms with van der Waals surface area (Å²) in [5.41, 5.74) is -0.401. The number of ketones is 1. The van der Waals surface area contributed by atoms with Gasteiger partial charge in [-0.2, -0.15) is 0 Å². The standard InChI is InChI=1S/C29H54O5Si/c1-11-20-29(6,33-8)26(34-35(9,10)28(3,4)5)19-18-23-22(2)21-25(30)24(23)16-14-12-13-15-17-27(31)32-7/h18-19,22-24,26H,11-17,20-21H2,1-10H3/b19-18+/t22-,23+,24-,26-,29-/m1/s1. The van der Waals surface area contributed by atoms with E-state index in [0.717, 1.165) is 44.9 Å². The van der Waals surface area contributed by atoms with Gasteiger partial charge in [-0.1, -0.05) is 72.5 Å². The van der Waals surface area contributed by atoms with Gasteiger partial charge in [0.05, 0.1) is 18.8 Å². The normalized spacial score (nSPS) is 24.1. The van der Waals surface area contributed by atoms with E-state index in [1.165, 1.54) is 7.11 Å². The first-order chi connectivity index (χ1) is 16.2. The number of methoxy groups -OCH3 is 2. The summed E-state index contributed by atoms with van der Waals surface area (Å²) >= 11 is 0. The van der Waals surface area contributed by atoms with Gasteiger partial charge in [0, 0.05) is 25.9 Å². The molecular weight excluding hydrogens is 456 g/mol. The van der Waals surface area contributed by atoms with Crippen LogP contribution < -0.4 is 0 Å². The maximum Gasteiger partial charge on any atom is 0.305 e. The predicted molar refractivity (Wildman–Crippen MR) is 147 cm³/mol. The first kappa shape index (κ1) is 32.0. The van der Waals surface area contributed by atoms with Crippen LogP contribution >= 0.6 is 0 Å². The summed E-state index contributed by atoms with van der Waals surface area (Å²) in [7, 11) is 1.20. The Hall–Kier alpha value is -0.983. The van der Waals surface area contributed by atoms with Crippen LogP contribution in [0.5, 0.6) is 0 Å². The van der Waals surface area contributed by atoms with Gasteiger partial charge in [0.2, 0.25) is 0 Å². The molecule has 5 atom stereocenters. The van der Waals surface area contributed by atoms with Crippen molar-refractivity contribution in [1.82, 2.24) is 0 Å². The highest BCUT2D eigenvalue weighted by molar-refractivity contribution is 6.74. The lowest BCUT2D eigenvalue weighted by molar-refractivity contribution is -0.140. The largest absolute Gasteiger partial charge is 0.469 e. The average molecular weight is 511 g/mol. The highest BCUT2D eigenvalue weighted by Crippen LogP contribution is 2.42. The summed E-state index contributed by atoms with van der Waals surface area (Å²) in [6.45, 7) is 17.9. The number of allylic oxidation sites excluding steroid dienone is 1. The maximum atomic E-state index is 12.9. The molecular formula is C29H54O5Si. The van der Waals surface area contributed by atoms with E-state index in [4.69, 9.17) is 13.9 Å². The second-order valence-electron chi connectivity index (χ2n) is 12.3. The van der Waals surface area contributed by atoms with Crippen molar-refractivity contribution in [2.45, 2.75) is 129 Å². The van der Waals surface area contributed by atoms with Crippen molar-refractivity contribution in [3.05, 3.63) is 12.2 Å². The second kappa shape index (κ2) is 14.1. The molecule has 1 fully saturated rings. The molecule has 0 unspecified atom stereocenters. The third-order valence-corrected chi connectivity index (χ3v) is 12.9. The van der Waals surface area contributed by atoms with Gasteiger partial charge in [-0.25, -0.2) is 0 Å². The monoisotopic (exact) mass is 510 g/mol. The van der Waals surface area contributed by atoms with Crippen LogP contribution in [0.25, 0.3) is 0 Å². The molecule has 204 valence electrons. The average Bonchev–Trinajstić information content (AvgIpc) is 3.04. The van der Waals surface area contributed by atoms with E-state index >= 15 is 0 Å². The molecule has 0 aromatic heterocycles. The highest BCUT2D eigenvalue weighted by atomic mass is 28.4. The summed E-state index contributed by atoms with van der Waals surface area (Å²) in [4.78, 5) is 24.1. The molecule has 0 aliphatic heterocycles. The van der Waals surface area contributed by atoms with Gasteiger partial charge in [-0.3, -0.25) is 9.59 Å². The van der Waals surface area contributed by atoms with Crippen LogP contribution in [0.3, 0.4) is 0 Å². The zero-order valence-electron chi connectivity index (χ0n) is 24.4. The van der Waals surface area contributed by atoms with Crippen LogP contribution in [-0.4, -0.2) is 46.0 Å². The van der Waals surface area contributed by atoms with E-state index < -0.39 is 13.9 Å². The molecule has 0 amide bonds. The molecule has 0 N–H and O–H groups in total. The Kier molecular flexibility index (Phi) is 12.9. The minimum atomic E-state index is -2.02. The first-order valence-corrected chi connectivity index (χ1v) is 16.6. The zero-order chi connectivity index (χ0) is 26.9. The molecule has 1 saturated carbocycles. The van der Waals surface area contributed by atoms with Crippen LogP contribution in [0.4, 0.5) is 0 Å². The van der Waals surface area contributed by atoms with E-state index in [-0.39, 0.29) is 28.9 Å². The summed E-state index contributed by atoms with van der Waals surface area (Å²) in [5, 5.41) is 0.104. The Bertz CT molecular complexity index is 696. The summed E-state index contributed by atoms with van der Waals surface area (Å²) in [6.07, 6.45) is 12.3. The molecule has 0 saturated heterocycles. The SMILES string of the molecule is CCC[C@@](C)(OC)[C@@H](/C=C/[C@H]1[C@H](C)CC(=O)[C@@H]1CCCCCCC(=O)OC)O[Si](C)(C)C(C)(C)C. The maximum absolute atomic E-state index is 12.9. The molecule has 0 bridgehead atoms. The highest BCUT2D eigenvalue weighted by Gasteiger charge is 2.44. The number of esters is 1. The summed E-state index contributed by atoms with van der Waals surface area (Å²) < 4.78 is 17.7. The van der Waals surface area contributed by atoms with Crippen molar-refractivity contribution in [2.75, 3.05) is 14.2 Å². The second-order valence-corrected chi connectivity index (χ2v) is 17.1. The van der Waals surface area contributed by atoms with Crippen molar-refractivity contribution >= 4 is 20.1 Å². The number of carbonyl (C=O) groups excluding carboxylic acids is 2. The Morgan fingerprint density at radius 2 is 1.74 bits per heavy atom. The van der Waals surface area contributed by atoms with Crippen LogP contribution in [0.2, 0.25) is 18.1 Å². The minimum Gasteiger partial charge on any atom is -0.469 e. The number of unbranched alkanes of at least 4 members (excludes halogenated alkanes) is 3. The molecule has 5 nitrogen and oxygen atoms in total. The number of ether oxygens (including phenoxy) is 2. The van der Waals surface area contributed by atoms with E-state index in [2.05, 4.69) is 66.8 Å². The smallest absolute Gasteiger partial charge is 0.305 e. The number of rotatable bonds is 15. The molecule has 0 aromatic rings. The number of hydrogen-bond donors (Lipinski definition) is 0. The van der Waals surface area contributed by atoms with Crippen molar-refractivity contribution in [1.29, 1.82) is 0 Å². The van der Waals surface area contributed by atoms with Gasteiger partial charge in [0.25, 0.3) is 0 Å². The zero-order valence-corrected chi connectivity index (χ0v) is 25.4. The molecule has 1 rings (SSSR count). The lowest BCUT2D eigenvalue weighted by atomic mass is 9.84. The fourth-order valence-electron chi connectivity index (χ4n) is 4.93. The molecule has 6 heteroatoms. The predicted octanol–water partition coefficient (Wildman–Crippen LogP) is 7.49. The van der Waals surface area contributed by atoms with Gasteiger partial charge < -0.3 is 13.9 Å². The van der Waals surface area contributed by atoms with Gasteiger partial charge >= 0.3 is 5.97 Å². The van der Waals surface area contributed by atoms with E-state index in [1.807, 2.05) is 0 Å². The van der Waals surface area contributed by atoms with Crippen molar-refractivity contribution < 1.29 is 23.5 Å². The molecule has 0 heterocycles. The number of hydrogen-bond acceptors (Lipinski definition) is 5. The third kappa shape index (κ3) is 9.44. The van der Waals surface area contributed by atoms with Crippen LogP contribution in [0.1, 0.15) is 99.3 Å². The molecule has 1 aliphatic rings. The Morgan fingerprint density at radius 1 is 1.11 bits per heavy atom. The Labute approximate surface area is 216 Å². The van der Waals surface area contributed by atoms with E-state index in [0.29, 0.717) is 24.5 Å². The van der Waals surface area contributed by atoms with E-state index in [1.54, 1.807) is 7.11 Å². The molecule has 1 aliphatic carbocycles. The fourth-order valence-corrected chi connectivity index (χ4v) is 6.25. The van der Waals surface area contributed by atoms with Crippen molar-refractivity contribution in [2.24, 2.45) is 17.8 Å². The fraction of sp³-hybridized carbons (Fsp3) is 0.862. The number of carbonyl (C=O) groups is 2. The summed E-state index contributed by atoms with van der Waals surface area (Å²) in [5.74, 6) is 0.917. The van der Waals surface area contributed by atoms with Crippen molar-refractivity contribution in [3.63, 3.8) is 0 Å². The van der Waals surface area contributed by atoms with Gasteiger partial charge in [-0.15, -0.1) is 0 Å². The van der Waals surface area contributed by atoms with Crippen LogP contribution in [0, 0.1) is 17.8 Å². The van der Waals surface area contributed by atoms with Crippen LogP contribution in [-0.2, 0) is 23.5 Å². The van der Waals surface area contributed by atoms with Gasteiger partial charge in [0.15, 0.2) is 8.32 Å². The lowest BCUT2D eigenvalue weighted by Crippen LogP contribution is -2.51. The topological polar surface area (TPSA) is 61.8 Å². The minimum absolute atomic E-state index is 0.0790. The Balaban J connectivity index is 2.97. The third-order valence-electron chi connectivity index (χ3n) is 8.48.